The molecule has 2 nitrogen and oxygen atoms in total. The number of hydrogen-bond acceptors (Lipinski definition) is 3. The molecule has 0 atom stereocenters. The Morgan fingerprint density at radius 3 is 2.85 bits per heavy atom. The Bertz CT molecular complexity index is 414. The number of hydrogen-bond donors (Lipinski definition) is 1. The van der Waals surface area contributed by atoms with Gasteiger partial charge in [-0.15, -0.1) is 11.3 Å². The Balaban J connectivity index is 2.49. The summed E-state index contributed by atoms with van der Waals surface area (Å²) < 4.78 is 12.9. The average molecular weight is 195 g/mol. The molecule has 0 saturated carbocycles. The van der Waals surface area contributed by atoms with Crippen molar-refractivity contribution >= 4 is 11.3 Å². The van der Waals surface area contributed by atoms with Gasteiger partial charge in [0.05, 0.1) is 0 Å². The molecule has 0 radical (unpaired) electrons. The first-order valence-corrected chi connectivity index (χ1v) is 4.54. The molecule has 0 spiro atoms. The number of thiazole rings is 1. The molecule has 0 saturated heterocycles. The first-order valence-electron chi connectivity index (χ1n) is 3.66. The largest absolute Gasteiger partial charge is 0.505 e. The van der Waals surface area contributed by atoms with Crippen molar-refractivity contribution in [2.24, 2.45) is 0 Å². The maximum absolute atomic E-state index is 12.9. The van der Waals surface area contributed by atoms with E-state index in [1.165, 1.54) is 23.5 Å². The predicted octanol–water partition coefficient (Wildman–Crippen LogP) is 2.65. The molecule has 0 unspecified atom stereocenters. The van der Waals surface area contributed by atoms with Crippen LogP contribution in [0, 0.1) is 5.82 Å². The summed E-state index contributed by atoms with van der Waals surface area (Å²) in [5, 5.41) is 11.5. The molecule has 0 bridgehead atoms. The van der Waals surface area contributed by atoms with Crippen LogP contribution in [0.2, 0.25) is 0 Å². The van der Waals surface area contributed by atoms with Gasteiger partial charge in [0, 0.05) is 17.1 Å². The highest BCUT2D eigenvalue weighted by Gasteiger charge is 2.04. The van der Waals surface area contributed by atoms with Gasteiger partial charge in [-0.2, -0.15) is 0 Å². The van der Waals surface area contributed by atoms with Gasteiger partial charge in [-0.25, -0.2) is 9.37 Å². The van der Waals surface area contributed by atoms with Gasteiger partial charge in [0.25, 0.3) is 0 Å². The lowest BCUT2D eigenvalue weighted by molar-refractivity contribution is 0.432. The van der Waals surface area contributed by atoms with E-state index in [1.54, 1.807) is 12.3 Å². The zero-order chi connectivity index (χ0) is 9.26. The number of phenolic OH excluding ortho intramolecular Hbond substituents is 1. The SMILES string of the molecule is Oc1ccc(-c2nccs2)cc1F. The molecule has 0 aliphatic rings. The lowest BCUT2D eigenvalue weighted by atomic mass is 10.2. The van der Waals surface area contributed by atoms with Gasteiger partial charge in [0.1, 0.15) is 5.01 Å². The van der Waals surface area contributed by atoms with E-state index in [9.17, 15) is 4.39 Å². The second kappa shape index (κ2) is 3.14. The van der Waals surface area contributed by atoms with E-state index in [0.717, 1.165) is 5.01 Å². The Hall–Kier alpha value is -1.42. The van der Waals surface area contributed by atoms with Crippen molar-refractivity contribution in [1.82, 2.24) is 4.98 Å². The summed E-state index contributed by atoms with van der Waals surface area (Å²) in [6.07, 6.45) is 1.66. The Morgan fingerprint density at radius 2 is 2.23 bits per heavy atom. The number of aromatic hydroxyl groups is 1. The van der Waals surface area contributed by atoms with Gasteiger partial charge in [0.15, 0.2) is 11.6 Å². The second-order valence-electron chi connectivity index (χ2n) is 2.50. The van der Waals surface area contributed by atoms with Crippen molar-refractivity contribution in [2.75, 3.05) is 0 Å². The summed E-state index contributed by atoms with van der Waals surface area (Å²) in [5.74, 6) is -0.951. The lowest BCUT2D eigenvalue weighted by Gasteiger charge is -1.97. The normalized spacial score (nSPS) is 10.2. The molecule has 2 rings (SSSR count). The fraction of sp³-hybridized carbons (Fsp3) is 0. The maximum Gasteiger partial charge on any atom is 0.165 e. The summed E-state index contributed by atoms with van der Waals surface area (Å²) in [4.78, 5) is 4.03. The summed E-state index contributed by atoms with van der Waals surface area (Å²) in [6.45, 7) is 0. The van der Waals surface area contributed by atoms with Gasteiger partial charge in [-0.3, -0.25) is 0 Å². The van der Waals surface area contributed by atoms with Gasteiger partial charge >= 0.3 is 0 Å². The topological polar surface area (TPSA) is 33.1 Å². The van der Waals surface area contributed by atoms with Gasteiger partial charge in [-0.1, -0.05) is 0 Å². The van der Waals surface area contributed by atoms with Crippen LogP contribution >= 0.6 is 11.3 Å². The molecule has 1 aromatic carbocycles. The van der Waals surface area contributed by atoms with Crippen LogP contribution in [0.15, 0.2) is 29.8 Å². The third-order valence-electron chi connectivity index (χ3n) is 1.63. The molecule has 66 valence electrons. The Labute approximate surface area is 78.3 Å². The highest BCUT2D eigenvalue weighted by atomic mass is 32.1. The molecule has 1 heterocycles. The maximum atomic E-state index is 12.9. The molecular formula is C9H6FNOS. The summed E-state index contributed by atoms with van der Waals surface area (Å²) in [7, 11) is 0. The van der Waals surface area contributed by atoms with E-state index in [2.05, 4.69) is 4.98 Å². The van der Waals surface area contributed by atoms with Crippen molar-refractivity contribution < 1.29 is 9.50 Å². The monoisotopic (exact) mass is 195 g/mol. The quantitative estimate of drug-likeness (QED) is 0.758. The Kier molecular flexibility index (Phi) is 1.98. The summed E-state index contributed by atoms with van der Waals surface area (Å²) in [5.41, 5.74) is 0.685. The predicted molar refractivity (Wildman–Crippen MR) is 49.2 cm³/mol. The number of phenols is 1. The van der Waals surface area contributed by atoms with E-state index < -0.39 is 5.82 Å². The number of aromatic nitrogens is 1. The zero-order valence-corrected chi connectivity index (χ0v) is 7.38. The smallest absolute Gasteiger partial charge is 0.165 e. The van der Waals surface area contributed by atoms with Crippen LogP contribution < -0.4 is 0 Å². The van der Waals surface area contributed by atoms with Crippen molar-refractivity contribution in [2.45, 2.75) is 0 Å². The van der Waals surface area contributed by atoms with E-state index in [-0.39, 0.29) is 5.75 Å². The molecule has 0 aliphatic heterocycles. The summed E-state index contributed by atoms with van der Waals surface area (Å²) >= 11 is 1.43. The molecule has 0 aliphatic carbocycles. The molecular weight excluding hydrogens is 189 g/mol. The van der Waals surface area contributed by atoms with Gasteiger partial charge < -0.3 is 5.11 Å². The first-order chi connectivity index (χ1) is 6.27. The van der Waals surface area contributed by atoms with Crippen molar-refractivity contribution in [1.29, 1.82) is 0 Å². The highest BCUT2D eigenvalue weighted by molar-refractivity contribution is 7.13. The molecule has 4 heteroatoms. The number of rotatable bonds is 1. The minimum Gasteiger partial charge on any atom is -0.505 e. The van der Waals surface area contributed by atoms with E-state index in [1.807, 2.05) is 5.38 Å². The number of halogens is 1. The minimum atomic E-state index is -0.618. The van der Waals surface area contributed by atoms with E-state index in [4.69, 9.17) is 5.11 Å². The standard InChI is InChI=1S/C9H6FNOS/c10-7-5-6(1-2-8(7)12)9-11-3-4-13-9/h1-5,12H. The fourth-order valence-electron chi connectivity index (χ4n) is 1.01. The van der Waals surface area contributed by atoms with Crippen molar-refractivity contribution in [3.05, 3.63) is 35.6 Å². The average Bonchev–Trinajstić information content (AvgIpc) is 2.62. The van der Waals surface area contributed by atoms with Crippen LogP contribution in [-0.4, -0.2) is 10.1 Å². The molecule has 1 aromatic heterocycles. The number of benzene rings is 1. The molecule has 13 heavy (non-hydrogen) atoms. The molecule has 0 fully saturated rings. The van der Waals surface area contributed by atoms with Crippen LogP contribution in [0.3, 0.4) is 0 Å². The van der Waals surface area contributed by atoms with Crippen LogP contribution in [0.1, 0.15) is 0 Å². The highest BCUT2D eigenvalue weighted by Crippen LogP contribution is 2.25. The summed E-state index contributed by atoms with van der Waals surface area (Å²) in [6, 6.07) is 4.23. The fourth-order valence-corrected chi connectivity index (χ4v) is 1.64. The van der Waals surface area contributed by atoms with Crippen LogP contribution in [0.5, 0.6) is 5.75 Å². The van der Waals surface area contributed by atoms with Crippen LogP contribution in [0.4, 0.5) is 4.39 Å². The van der Waals surface area contributed by atoms with Crippen molar-refractivity contribution in [3.63, 3.8) is 0 Å². The molecule has 2 aromatic rings. The van der Waals surface area contributed by atoms with E-state index in [0.29, 0.717) is 5.56 Å². The minimum absolute atomic E-state index is 0.333. The zero-order valence-electron chi connectivity index (χ0n) is 6.57. The van der Waals surface area contributed by atoms with Gasteiger partial charge in [-0.05, 0) is 18.2 Å². The third kappa shape index (κ3) is 1.53. The van der Waals surface area contributed by atoms with Crippen LogP contribution in [0.25, 0.3) is 10.6 Å². The Morgan fingerprint density at radius 1 is 1.38 bits per heavy atom. The first kappa shape index (κ1) is 8.19. The molecule has 0 amide bonds. The van der Waals surface area contributed by atoms with Gasteiger partial charge in [0.2, 0.25) is 0 Å². The van der Waals surface area contributed by atoms with Crippen molar-refractivity contribution in [3.8, 4) is 16.3 Å². The van der Waals surface area contributed by atoms with E-state index >= 15 is 0 Å². The molecule has 1 N–H and O–H groups in total. The third-order valence-corrected chi connectivity index (χ3v) is 2.45. The second-order valence-corrected chi connectivity index (χ2v) is 3.40. The van der Waals surface area contributed by atoms with Crippen LogP contribution in [-0.2, 0) is 0 Å². The number of nitrogens with zero attached hydrogens (tertiary/aromatic N) is 1. The lowest BCUT2D eigenvalue weighted by Crippen LogP contribution is -1.79.